The van der Waals surface area contributed by atoms with Crippen LogP contribution in [0.1, 0.15) is 22.5 Å². The van der Waals surface area contributed by atoms with Crippen molar-refractivity contribution in [2.24, 2.45) is 0 Å². The number of aryl methyl sites for hydroxylation is 2. The molecule has 8 nitrogen and oxygen atoms in total. The molecular weight excluding hydrogens is 400 g/mol. The fraction of sp³-hybridized carbons (Fsp3) is 0.143. The molecule has 0 aliphatic rings. The molecule has 30 heavy (non-hydrogen) atoms. The molecule has 0 aliphatic heterocycles. The van der Waals surface area contributed by atoms with Crippen LogP contribution >= 0.6 is 0 Å². The van der Waals surface area contributed by atoms with E-state index in [-0.39, 0.29) is 17.4 Å². The molecule has 4 rings (SSSR count). The number of anilines is 1. The zero-order valence-electron chi connectivity index (χ0n) is 16.4. The summed E-state index contributed by atoms with van der Waals surface area (Å²) in [6.45, 7) is 3.67. The van der Waals surface area contributed by atoms with E-state index in [0.29, 0.717) is 16.9 Å². The van der Waals surface area contributed by atoms with Crippen LogP contribution in [-0.4, -0.2) is 28.0 Å². The highest BCUT2D eigenvalue weighted by Crippen LogP contribution is 2.24. The molecule has 2 aromatic carbocycles. The zero-order valence-corrected chi connectivity index (χ0v) is 17.2. The van der Waals surface area contributed by atoms with Crippen molar-refractivity contribution >= 4 is 21.7 Å². The zero-order chi connectivity index (χ0) is 21.3. The largest absolute Gasteiger partial charge is 0.267 e. The van der Waals surface area contributed by atoms with Gasteiger partial charge in [0.2, 0.25) is 0 Å². The molecule has 0 saturated carbocycles. The Morgan fingerprint density at radius 3 is 2.53 bits per heavy atom. The van der Waals surface area contributed by atoms with Gasteiger partial charge in [0, 0.05) is 11.4 Å². The lowest BCUT2D eigenvalue weighted by atomic mass is 10.1. The number of aromatic nitrogens is 4. The minimum Gasteiger partial charge on any atom is -0.228 e. The summed E-state index contributed by atoms with van der Waals surface area (Å²) < 4.78 is 29.6. The van der Waals surface area contributed by atoms with Crippen LogP contribution in [0.4, 0.5) is 5.95 Å². The molecule has 0 bridgehead atoms. The fourth-order valence-corrected chi connectivity index (χ4v) is 4.52. The molecule has 4 aromatic rings. The van der Waals surface area contributed by atoms with Crippen molar-refractivity contribution in [2.45, 2.75) is 25.3 Å². The van der Waals surface area contributed by atoms with Gasteiger partial charge in [-0.15, -0.1) is 5.10 Å². The summed E-state index contributed by atoms with van der Waals surface area (Å²) in [5, 5.41) is 13.6. The fourth-order valence-electron chi connectivity index (χ4n) is 3.15. The van der Waals surface area contributed by atoms with Crippen molar-refractivity contribution in [3.05, 3.63) is 83.2 Å². The van der Waals surface area contributed by atoms with E-state index in [0.717, 1.165) is 15.7 Å². The highest BCUT2D eigenvalue weighted by molar-refractivity contribution is 7.92. The number of hydrogen-bond donors (Lipinski definition) is 0. The normalized spacial score (nSPS) is 11.4. The monoisotopic (exact) mass is 418 g/mol. The van der Waals surface area contributed by atoms with E-state index in [1.807, 2.05) is 19.9 Å². The SMILES string of the molecule is Cc1cc(C)n2nc(N(Cc3cccc(C#N)c3)S(=O)(=O)c3ccccc3)nc2n1. The van der Waals surface area contributed by atoms with Crippen molar-refractivity contribution in [3.8, 4) is 6.07 Å². The molecule has 150 valence electrons. The van der Waals surface area contributed by atoms with E-state index in [4.69, 9.17) is 0 Å². The second kappa shape index (κ2) is 7.57. The average Bonchev–Trinajstić information content (AvgIpc) is 3.16. The molecule has 0 atom stereocenters. The van der Waals surface area contributed by atoms with Gasteiger partial charge in [-0.1, -0.05) is 30.3 Å². The van der Waals surface area contributed by atoms with Gasteiger partial charge < -0.3 is 0 Å². The third kappa shape index (κ3) is 3.60. The first kappa shape index (κ1) is 19.5. The van der Waals surface area contributed by atoms with E-state index >= 15 is 0 Å². The standard InChI is InChI=1S/C21H18N6O2S/c1-15-11-16(2)27-20(23-15)24-21(25-27)26(14-18-8-6-7-17(12-18)13-22)30(28,29)19-9-4-3-5-10-19/h3-12H,14H2,1-2H3. The summed E-state index contributed by atoms with van der Waals surface area (Å²) >= 11 is 0. The summed E-state index contributed by atoms with van der Waals surface area (Å²) in [5.41, 5.74) is 2.65. The lowest BCUT2D eigenvalue weighted by Crippen LogP contribution is -2.31. The van der Waals surface area contributed by atoms with Crippen LogP contribution in [0.15, 0.2) is 65.6 Å². The van der Waals surface area contributed by atoms with Crippen molar-refractivity contribution in [3.63, 3.8) is 0 Å². The molecule has 0 aliphatic carbocycles. The predicted octanol–water partition coefficient (Wildman–Crippen LogP) is 3.01. The Balaban J connectivity index is 1.87. The molecule has 2 aromatic heterocycles. The number of rotatable bonds is 5. The van der Waals surface area contributed by atoms with Crippen molar-refractivity contribution in [2.75, 3.05) is 4.31 Å². The highest BCUT2D eigenvalue weighted by Gasteiger charge is 2.29. The van der Waals surface area contributed by atoms with Gasteiger partial charge >= 0.3 is 0 Å². The van der Waals surface area contributed by atoms with Crippen LogP contribution < -0.4 is 4.31 Å². The van der Waals surface area contributed by atoms with Crippen LogP contribution in [-0.2, 0) is 16.6 Å². The summed E-state index contributed by atoms with van der Waals surface area (Å²) in [5.74, 6) is 0.337. The molecule has 0 N–H and O–H groups in total. The Kier molecular flexibility index (Phi) is 4.93. The van der Waals surface area contributed by atoms with Crippen LogP contribution in [0.25, 0.3) is 5.78 Å². The summed E-state index contributed by atoms with van der Waals surface area (Å²) in [4.78, 5) is 8.87. The van der Waals surface area contributed by atoms with E-state index in [1.165, 1.54) is 16.6 Å². The van der Waals surface area contributed by atoms with Gasteiger partial charge in [0.1, 0.15) is 0 Å². The molecule has 9 heteroatoms. The summed E-state index contributed by atoms with van der Waals surface area (Å²) in [7, 11) is -3.96. The molecular formula is C21H18N6O2S. The third-order valence-corrected chi connectivity index (χ3v) is 6.28. The third-order valence-electron chi connectivity index (χ3n) is 4.54. The van der Waals surface area contributed by atoms with Gasteiger partial charge in [-0.05, 0) is 49.7 Å². The van der Waals surface area contributed by atoms with Crippen LogP contribution in [0.3, 0.4) is 0 Å². The number of fused-ring (bicyclic) bond motifs is 1. The molecule has 0 unspecified atom stereocenters. The van der Waals surface area contributed by atoms with Gasteiger partial charge in [-0.2, -0.15) is 14.8 Å². The first-order chi connectivity index (χ1) is 14.4. The molecule has 0 radical (unpaired) electrons. The quantitative estimate of drug-likeness (QED) is 0.493. The van der Waals surface area contributed by atoms with Gasteiger partial charge in [0.15, 0.2) is 0 Å². The molecule has 0 fully saturated rings. The number of hydrogen-bond acceptors (Lipinski definition) is 6. The number of nitriles is 1. The predicted molar refractivity (Wildman–Crippen MR) is 111 cm³/mol. The van der Waals surface area contributed by atoms with E-state index in [1.54, 1.807) is 42.5 Å². The maximum Gasteiger partial charge on any atom is 0.267 e. The van der Waals surface area contributed by atoms with E-state index in [2.05, 4.69) is 21.1 Å². The van der Waals surface area contributed by atoms with Gasteiger partial charge in [-0.25, -0.2) is 17.7 Å². The van der Waals surface area contributed by atoms with E-state index in [9.17, 15) is 13.7 Å². The lowest BCUT2D eigenvalue weighted by Gasteiger charge is -2.21. The Hall–Kier alpha value is -3.77. The average molecular weight is 418 g/mol. The van der Waals surface area contributed by atoms with Gasteiger partial charge in [0.05, 0.1) is 23.1 Å². The minimum absolute atomic E-state index is 0.0161. The molecule has 2 heterocycles. The number of sulfonamides is 1. The Bertz CT molecular complexity index is 1370. The lowest BCUT2D eigenvalue weighted by molar-refractivity contribution is 0.589. The highest BCUT2D eigenvalue weighted by atomic mass is 32.2. The van der Waals surface area contributed by atoms with Crippen molar-refractivity contribution < 1.29 is 8.42 Å². The molecule has 0 spiro atoms. The number of nitrogens with zero attached hydrogens (tertiary/aromatic N) is 6. The molecule has 0 amide bonds. The Morgan fingerprint density at radius 2 is 1.80 bits per heavy atom. The topological polar surface area (TPSA) is 104 Å². The smallest absolute Gasteiger partial charge is 0.228 e. The Labute approximate surface area is 174 Å². The summed E-state index contributed by atoms with van der Waals surface area (Å²) in [6, 6.07) is 18.8. The van der Waals surface area contributed by atoms with Crippen molar-refractivity contribution in [1.82, 2.24) is 19.6 Å². The van der Waals surface area contributed by atoms with Crippen molar-refractivity contribution in [1.29, 1.82) is 5.26 Å². The van der Waals surface area contributed by atoms with Crippen LogP contribution in [0.2, 0.25) is 0 Å². The number of benzene rings is 2. The first-order valence-electron chi connectivity index (χ1n) is 9.16. The van der Waals surface area contributed by atoms with Crippen LogP contribution in [0.5, 0.6) is 0 Å². The minimum atomic E-state index is -3.96. The van der Waals surface area contributed by atoms with Gasteiger partial charge in [-0.3, -0.25) is 0 Å². The van der Waals surface area contributed by atoms with E-state index < -0.39 is 10.0 Å². The second-order valence-corrected chi connectivity index (χ2v) is 8.66. The maximum atomic E-state index is 13.5. The molecule has 0 saturated heterocycles. The maximum absolute atomic E-state index is 13.5. The second-order valence-electron chi connectivity index (χ2n) is 6.80. The Morgan fingerprint density at radius 1 is 1.03 bits per heavy atom. The van der Waals surface area contributed by atoms with Crippen LogP contribution in [0, 0.1) is 25.2 Å². The summed E-state index contributed by atoms with van der Waals surface area (Å²) in [6.07, 6.45) is 0. The van der Waals surface area contributed by atoms with Gasteiger partial charge in [0.25, 0.3) is 21.7 Å². The first-order valence-corrected chi connectivity index (χ1v) is 10.6.